The molecule has 0 atom stereocenters. The van der Waals surface area contributed by atoms with Gasteiger partial charge in [0.2, 0.25) is 0 Å². The quantitative estimate of drug-likeness (QED) is 0.663. The number of rotatable bonds is 3. The van der Waals surface area contributed by atoms with Gasteiger partial charge < -0.3 is 10.4 Å². The molecule has 2 N–H and O–H groups in total. The van der Waals surface area contributed by atoms with Crippen LogP contribution in [0.5, 0.6) is 0 Å². The molecule has 1 aromatic rings. The fraction of sp³-hybridized carbons (Fsp3) is 0.667. The van der Waals surface area contributed by atoms with Crippen LogP contribution >= 0.6 is 0 Å². The molecule has 0 aromatic carbocycles. The summed E-state index contributed by atoms with van der Waals surface area (Å²) in [5, 5.41) is 16.7. The number of aromatic nitrogens is 2. The number of hydrogen-bond donors (Lipinski definition) is 2. The molecule has 0 spiro atoms. The maximum Gasteiger partial charge on any atom is 0.0631 e. The summed E-state index contributed by atoms with van der Waals surface area (Å²) in [6.07, 6.45) is 2.81. The second kappa shape index (κ2) is 3.12. The van der Waals surface area contributed by atoms with Crippen LogP contribution in [0.3, 0.4) is 0 Å². The summed E-state index contributed by atoms with van der Waals surface area (Å²) in [6, 6.07) is 2.01. The lowest BCUT2D eigenvalue weighted by Gasteiger charge is -2.40. The highest BCUT2D eigenvalue weighted by atomic mass is 16.3. The topological polar surface area (TPSA) is 50.1 Å². The third kappa shape index (κ3) is 1.59. The number of aliphatic hydroxyl groups excluding tert-OH is 1. The Labute approximate surface area is 77.6 Å². The standard InChI is InChI=1S/C9H15N3O/c1-12-3-2-8(11-12)4-9(7-13)5-10-6-9/h2-3,10,13H,4-7H2,1H3. The first-order valence-corrected chi connectivity index (χ1v) is 4.54. The van der Waals surface area contributed by atoms with Gasteiger partial charge in [0.15, 0.2) is 0 Å². The molecule has 1 aliphatic heterocycles. The molecule has 0 aliphatic carbocycles. The van der Waals surface area contributed by atoms with Crippen molar-refractivity contribution in [2.24, 2.45) is 12.5 Å². The molecule has 2 heterocycles. The van der Waals surface area contributed by atoms with Gasteiger partial charge in [-0.25, -0.2) is 0 Å². The lowest BCUT2D eigenvalue weighted by atomic mass is 9.78. The maximum absolute atomic E-state index is 9.23. The Kier molecular flexibility index (Phi) is 2.09. The van der Waals surface area contributed by atoms with Crippen LogP contribution in [0.1, 0.15) is 5.69 Å². The van der Waals surface area contributed by atoms with Gasteiger partial charge in [0.1, 0.15) is 0 Å². The van der Waals surface area contributed by atoms with Crippen LogP contribution in [0.4, 0.5) is 0 Å². The van der Waals surface area contributed by atoms with E-state index in [9.17, 15) is 5.11 Å². The van der Waals surface area contributed by atoms with Crippen molar-refractivity contribution in [1.29, 1.82) is 0 Å². The van der Waals surface area contributed by atoms with Crippen LogP contribution < -0.4 is 5.32 Å². The molecule has 0 radical (unpaired) electrons. The van der Waals surface area contributed by atoms with Crippen LogP contribution in [0.15, 0.2) is 12.3 Å². The van der Waals surface area contributed by atoms with Crippen molar-refractivity contribution in [3.05, 3.63) is 18.0 Å². The van der Waals surface area contributed by atoms with E-state index in [2.05, 4.69) is 10.4 Å². The van der Waals surface area contributed by atoms with E-state index in [0.717, 1.165) is 25.2 Å². The maximum atomic E-state index is 9.23. The van der Waals surface area contributed by atoms with Gasteiger partial charge in [0.05, 0.1) is 12.3 Å². The molecule has 2 rings (SSSR count). The first kappa shape index (κ1) is 8.72. The summed E-state index contributed by atoms with van der Waals surface area (Å²) in [5.41, 5.74) is 1.12. The molecule has 0 unspecified atom stereocenters. The average Bonchev–Trinajstić information content (AvgIpc) is 2.44. The molecule has 4 nitrogen and oxygen atoms in total. The Morgan fingerprint density at radius 1 is 1.69 bits per heavy atom. The molecular weight excluding hydrogens is 166 g/mol. The molecule has 1 saturated heterocycles. The first-order valence-electron chi connectivity index (χ1n) is 4.54. The summed E-state index contributed by atoms with van der Waals surface area (Å²) in [4.78, 5) is 0. The fourth-order valence-electron chi connectivity index (χ4n) is 1.71. The van der Waals surface area contributed by atoms with Crippen molar-refractivity contribution >= 4 is 0 Å². The molecule has 4 heteroatoms. The first-order chi connectivity index (χ1) is 6.24. The molecule has 13 heavy (non-hydrogen) atoms. The summed E-state index contributed by atoms with van der Waals surface area (Å²) in [5.74, 6) is 0. The van der Waals surface area contributed by atoms with Crippen molar-refractivity contribution in [3.63, 3.8) is 0 Å². The summed E-state index contributed by atoms with van der Waals surface area (Å²) in [6.45, 7) is 2.05. The molecule has 1 fully saturated rings. The van der Waals surface area contributed by atoms with Crippen molar-refractivity contribution in [2.45, 2.75) is 6.42 Å². The predicted molar refractivity (Wildman–Crippen MR) is 49.3 cm³/mol. The van der Waals surface area contributed by atoms with Crippen LogP contribution in [0.25, 0.3) is 0 Å². The zero-order chi connectivity index (χ0) is 9.31. The SMILES string of the molecule is Cn1ccc(CC2(CO)CNC2)n1. The summed E-state index contributed by atoms with van der Waals surface area (Å²) >= 11 is 0. The lowest BCUT2D eigenvalue weighted by molar-refractivity contribution is 0.0677. The van der Waals surface area contributed by atoms with Crippen LogP contribution in [-0.2, 0) is 13.5 Å². The average molecular weight is 181 g/mol. The Morgan fingerprint density at radius 3 is 2.85 bits per heavy atom. The van der Waals surface area contributed by atoms with Gasteiger partial charge >= 0.3 is 0 Å². The molecule has 0 saturated carbocycles. The van der Waals surface area contributed by atoms with Gasteiger partial charge in [-0.05, 0) is 6.07 Å². The number of hydrogen-bond acceptors (Lipinski definition) is 3. The van der Waals surface area contributed by atoms with Crippen molar-refractivity contribution in [3.8, 4) is 0 Å². The normalized spacial score (nSPS) is 19.8. The van der Waals surface area contributed by atoms with E-state index in [-0.39, 0.29) is 12.0 Å². The monoisotopic (exact) mass is 181 g/mol. The second-order valence-corrected chi connectivity index (χ2v) is 3.92. The van der Waals surface area contributed by atoms with Crippen molar-refractivity contribution < 1.29 is 5.11 Å². The van der Waals surface area contributed by atoms with Gasteiger partial charge in [-0.3, -0.25) is 4.68 Å². The number of aliphatic hydroxyl groups is 1. The smallest absolute Gasteiger partial charge is 0.0631 e. The molecule has 0 amide bonds. The highest BCUT2D eigenvalue weighted by Crippen LogP contribution is 2.25. The van der Waals surface area contributed by atoms with Gasteiger partial charge in [-0.15, -0.1) is 0 Å². The second-order valence-electron chi connectivity index (χ2n) is 3.92. The number of nitrogens with one attached hydrogen (secondary N) is 1. The Bertz CT molecular complexity index is 285. The van der Waals surface area contributed by atoms with E-state index in [4.69, 9.17) is 0 Å². The minimum Gasteiger partial charge on any atom is -0.396 e. The highest BCUT2D eigenvalue weighted by molar-refractivity contribution is 5.07. The van der Waals surface area contributed by atoms with Gasteiger partial charge in [0.25, 0.3) is 0 Å². The third-order valence-corrected chi connectivity index (χ3v) is 2.66. The van der Waals surface area contributed by atoms with E-state index >= 15 is 0 Å². The van der Waals surface area contributed by atoms with E-state index in [1.54, 1.807) is 4.68 Å². The molecule has 72 valence electrons. The van der Waals surface area contributed by atoms with Crippen LogP contribution in [-0.4, -0.2) is 34.6 Å². The molecule has 0 bridgehead atoms. The minimum absolute atomic E-state index is 0.0500. The summed E-state index contributed by atoms with van der Waals surface area (Å²) in [7, 11) is 1.91. The van der Waals surface area contributed by atoms with Gasteiger partial charge in [-0.2, -0.15) is 5.10 Å². The minimum atomic E-state index is 0.0500. The lowest BCUT2D eigenvalue weighted by Crippen LogP contribution is -2.56. The highest BCUT2D eigenvalue weighted by Gasteiger charge is 2.36. The zero-order valence-electron chi connectivity index (χ0n) is 7.82. The number of aryl methyl sites for hydroxylation is 1. The largest absolute Gasteiger partial charge is 0.396 e. The van der Waals surface area contributed by atoms with Crippen LogP contribution in [0.2, 0.25) is 0 Å². The third-order valence-electron chi connectivity index (χ3n) is 2.66. The fourth-order valence-corrected chi connectivity index (χ4v) is 1.71. The summed E-state index contributed by atoms with van der Waals surface area (Å²) < 4.78 is 1.80. The van der Waals surface area contributed by atoms with Crippen molar-refractivity contribution in [1.82, 2.24) is 15.1 Å². The van der Waals surface area contributed by atoms with E-state index < -0.39 is 0 Å². The van der Waals surface area contributed by atoms with Crippen molar-refractivity contribution in [2.75, 3.05) is 19.7 Å². The molecular formula is C9H15N3O. The van der Waals surface area contributed by atoms with Gasteiger partial charge in [-0.1, -0.05) is 0 Å². The molecule has 1 aromatic heterocycles. The van der Waals surface area contributed by atoms with E-state index in [1.807, 2.05) is 19.3 Å². The Balaban J connectivity index is 2.04. The van der Waals surface area contributed by atoms with Crippen LogP contribution in [0, 0.1) is 5.41 Å². The predicted octanol–water partition coefficient (Wildman–Crippen LogP) is -0.456. The van der Waals surface area contributed by atoms with E-state index in [1.165, 1.54) is 0 Å². The Hall–Kier alpha value is -0.870. The Morgan fingerprint density at radius 2 is 2.46 bits per heavy atom. The molecule has 1 aliphatic rings. The van der Waals surface area contributed by atoms with E-state index in [0.29, 0.717) is 0 Å². The zero-order valence-corrected chi connectivity index (χ0v) is 7.82. The number of nitrogens with zero attached hydrogens (tertiary/aromatic N) is 2. The van der Waals surface area contributed by atoms with Gasteiger partial charge in [0, 0.05) is 38.2 Å².